The average molecular weight is 476 g/mol. The van der Waals surface area contributed by atoms with Crippen LogP contribution >= 0.6 is 0 Å². The molecule has 2 aromatic rings. The lowest BCUT2D eigenvalue weighted by Crippen LogP contribution is -2.52. The summed E-state index contributed by atoms with van der Waals surface area (Å²) in [5, 5.41) is 5.86. The summed E-state index contributed by atoms with van der Waals surface area (Å²) in [5.74, 6) is 1.49. The summed E-state index contributed by atoms with van der Waals surface area (Å²) >= 11 is 0. The second-order valence-electron chi connectivity index (χ2n) is 8.94. The molecule has 2 fully saturated rings. The van der Waals surface area contributed by atoms with Crippen LogP contribution in [0.15, 0.2) is 42.5 Å². The normalized spacial score (nSPS) is 24.4. The molecule has 0 spiro atoms. The molecule has 0 aromatic heterocycles. The number of alkyl halides is 2. The summed E-state index contributed by atoms with van der Waals surface area (Å²) in [6, 6.07) is 12.1. The lowest BCUT2D eigenvalue weighted by molar-refractivity contribution is -0.0498. The molecule has 4 rings (SSSR count). The molecule has 3 atom stereocenters. The van der Waals surface area contributed by atoms with Gasteiger partial charge in [0, 0.05) is 23.2 Å². The van der Waals surface area contributed by atoms with E-state index in [1.165, 1.54) is 29.8 Å². The van der Waals surface area contributed by atoms with E-state index in [-0.39, 0.29) is 29.3 Å². The number of nitrogens with one attached hydrogen (secondary N) is 2. The molecule has 2 amide bonds. The van der Waals surface area contributed by atoms with Crippen molar-refractivity contribution in [3.05, 3.63) is 48.0 Å². The SMILES string of the molecule is COc1ccc([C@@]23CC[C@@H](NC(=O)Nc4ccc(OC(F)F)cc4)C[C@@H]2N(C)CC3)cc1OC. The van der Waals surface area contributed by atoms with Crippen LogP contribution in [0.1, 0.15) is 31.2 Å². The summed E-state index contributed by atoms with van der Waals surface area (Å²) in [6.45, 7) is -1.89. The topological polar surface area (TPSA) is 72.1 Å². The molecule has 1 saturated heterocycles. The number of carbonyl (C=O) groups excluding carboxylic acids is 1. The van der Waals surface area contributed by atoms with Crippen LogP contribution in [0.2, 0.25) is 0 Å². The van der Waals surface area contributed by atoms with Crippen molar-refractivity contribution in [1.29, 1.82) is 0 Å². The summed E-state index contributed by atoms with van der Waals surface area (Å²) in [5.41, 5.74) is 1.75. The van der Waals surface area contributed by atoms with Gasteiger partial charge in [-0.15, -0.1) is 0 Å². The van der Waals surface area contributed by atoms with Gasteiger partial charge < -0.3 is 29.7 Å². The Kier molecular flexibility index (Phi) is 7.11. The number of fused-ring (bicyclic) bond motifs is 1. The van der Waals surface area contributed by atoms with Crippen molar-refractivity contribution in [3.63, 3.8) is 0 Å². The van der Waals surface area contributed by atoms with E-state index in [1.807, 2.05) is 6.07 Å². The molecule has 0 bridgehead atoms. The number of anilines is 1. The number of hydrogen-bond donors (Lipinski definition) is 2. The molecule has 2 aliphatic rings. The molecular formula is C25H31F2N3O4. The van der Waals surface area contributed by atoms with Gasteiger partial charge in [0.15, 0.2) is 11.5 Å². The van der Waals surface area contributed by atoms with E-state index < -0.39 is 6.61 Å². The van der Waals surface area contributed by atoms with Crippen LogP contribution in [0.3, 0.4) is 0 Å². The van der Waals surface area contributed by atoms with Gasteiger partial charge in [-0.05, 0) is 81.2 Å². The Labute approximate surface area is 198 Å². The molecule has 1 aliphatic carbocycles. The summed E-state index contributed by atoms with van der Waals surface area (Å²) < 4.78 is 39.9. The summed E-state index contributed by atoms with van der Waals surface area (Å²) in [6.07, 6.45) is 3.68. The van der Waals surface area contributed by atoms with E-state index in [2.05, 4.69) is 39.5 Å². The van der Waals surface area contributed by atoms with Crippen LogP contribution in [0.5, 0.6) is 17.2 Å². The van der Waals surface area contributed by atoms with Crippen LogP contribution in [0.25, 0.3) is 0 Å². The van der Waals surface area contributed by atoms with Gasteiger partial charge in [-0.25, -0.2) is 4.79 Å². The minimum atomic E-state index is -2.88. The van der Waals surface area contributed by atoms with Gasteiger partial charge in [0.05, 0.1) is 14.2 Å². The van der Waals surface area contributed by atoms with Gasteiger partial charge >= 0.3 is 12.6 Å². The maximum absolute atomic E-state index is 12.6. The Bertz CT molecular complexity index is 1000. The number of rotatable bonds is 7. The molecule has 7 nitrogen and oxygen atoms in total. The standard InChI is InChI=1S/C25H31F2N3O4/c1-30-13-12-25(16-4-9-20(32-2)21(14-16)33-3)11-10-18(15-22(25)30)29-24(31)28-17-5-7-19(8-6-17)34-23(26)27/h4-9,14,18,22-23H,10-13,15H2,1-3H3,(H2,28,29,31)/t18-,22+,25+/m1/s1. The number of carbonyl (C=O) groups is 1. The number of likely N-dealkylation sites (tertiary alicyclic amines) is 1. The molecule has 0 unspecified atom stereocenters. The number of ether oxygens (including phenoxy) is 3. The van der Waals surface area contributed by atoms with Crippen LogP contribution < -0.4 is 24.8 Å². The van der Waals surface area contributed by atoms with Crippen molar-refractivity contribution < 1.29 is 27.8 Å². The molecule has 1 aliphatic heterocycles. The Morgan fingerprint density at radius 2 is 1.82 bits per heavy atom. The fraction of sp³-hybridized carbons (Fsp3) is 0.480. The van der Waals surface area contributed by atoms with Crippen molar-refractivity contribution in [2.45, 2.75) is 49.8 Å². The van der Waals surface area contributed by atoms with Crippen molar-refractivity contribution in [2.75, 3.05) is 33.1 Å². The zero-order chi connectivity index (χ0) is 24.3. The first-order valence-corrected chi connectivity index (χ1v) is 11.4. The van der Waals surface area contributed by atoms with Crippen molar-refractivity contribution in [3.8, 4) is 17.2 Å². The quantitative estimate of drug-likeness (QED) is 0.612. The van der Waals surface area contributed by atoms with Crippen LogP contribution in [-0.2, 0) is 5.41 Å². The second-order valence-corrected chi connectivity index (χ2v) is 8.94. The number of urea groups is 1. The van der Waals surface area contributed by atoms with E-state index in [1.54, 1.807) is 14.2 Å². The zero-order valence-corrected chi connectivity index (χ0v) is 19.6. The molecule has 0 radical (unpaired) electrons. The Morgan fingerprint density at radius 1 is 1.09 bits per heavy atom. The molecule has 9 heteroatoms. The zero-order valence-electron chi connectivity index (χ0n) is 19.6. The van der Waals surface area contributed by atoms with E-state index >= 15 is 0 Å². The summed E-state index contributed by atoms with van der Waals surface area (Å²) in [7, 11) is 5.42. The van der Waals surface area contributed by atoms with Crippen molar-refractivity contribution in [2.24, 2.45) is 0 Å². The Balaban J connectivity index is 1.41. The third-order valence-corrected chi connectivity index (χ3v) is 7.16. The molecule has 1 heterocycles. The highest BCUT2D eigenvalue weighted by Crippen LogP contribution is 2.49. The third-order valence-electron chi connectivity index (χ3n) is 7.16. The minimum Gasteiger partial charge on any atom is -0.493 e. The Morgan fingerprint density at radius 3 is 2.50 bits per heavy atom. The maximum atomic E-state index is 12.6. The number of amides is 2. The number of hydrogen-bond acceptors (Lipinski definition) is 5. The predicted molar refractivity (Wildman–Crippen MR) is 125 cm³/mol. The summed E-state index contributed by atoms with van der Waals surface area (Å²) in [4.78, 5) is 15.0. The number of benzene rings is 2. The van der Waals surface area contributed by atoms with Crippen molar-refractivity contribution in [1.82, 2.24) is 10.2 Å². The molecule has 184 valence electrons. The highest BCUT2D eigenvalue weighted by atomic mass is 19.3. The lowest BCUT2D eigenvalue weighted by Gasteiger charge is -2.45. The first kappa shape index (κ1) is 24.1. The molecule has 2 aromatic carbocycles. The molecule has 2 N–H and O–H groups in total. The first-order valence-electron chi connectivity index (χ1n) is 11.4. The Hall–Kier alpha value is -3.07. The fourth-order valence-corrected chi connectivity index (χ4v) is 5.47. The van der Waals surface area contributed by atoms with Gasteiger partial charge in [0.25, 0.3) is 0 Å². The van der Waals surface area contributed by atoms with Gasteiger partial charge in [0.2, 0.25) is 0 Å². The van der Waals surface area contributed by atoms with E-state index in [9.17, 15) is 13.6 Å². The lowest BCUT2D eigenvalue weighted by atomic mass is 9.65. The second kappa shape index (κ2) is 10.0. The molecule has 34 heavy (non-hydrogen) atoms. The highest BCUT2D eigenvalue weighted by Gasteiger charge is 2.50. The molecular weight excluding hydrogens is 444 g/mol. The van der Waals surface area contributed by atoms with Crippen LogP contribution in [0, 0.1) is 0 Å². The van der Waals surface area contributed by atoms with Crippen molar-refractivity contribution >= 4 is 11.7 Å². The fourth-order valence-electron chi connectivity index (χ4n) is 5.47. The number of halogens is 2. The number of nitrogens with zero attached hydrogens (tertiary/aromatic N) is 1. The van der Waals surface area contributed by atoms with E-state index in [0.717, 1.165) is 38.0 Å². The predicted octanol–water partition coefficient (Wildman–Crippen LogP) is 4.62. The van der Waals surface area contributed by atoms with E-state index in [4.69, 9.17) is 9.47 Å². The number of methoxy groups -OCH3 is 2. The first-order chi connectivity index (χ1) is 16.3. The van der Waals surface area contributed by atoms with Crippen LogP contribution in [-0.4, -0.2) is 57.4 Å². The highest BCUT2D eigenvalue weighted by molar-refractivity contribution is 5.89. The number of likely N-dealkylation sites (N-methyl/N-ethyl adjacent to an activating group) is 1. The average Bonchev–Trinajstić information content (AvgIpc) is 3.16. The van der Waals surface area contributed by atoms with Gasteiger partial charge in [0.1, 0.15) is 5.75 Å². The minimum absolute atomic E-state index is 0.00346. The maximum Gasteiger partial charge on any atom is 0.387 e. The smallest absolute Gasteiger partial charge is 0.387 e. The van der Waals surface area contributed by atoms with Gasteiger partial charge in [-0.1, -0.05) is 6.07 Å². The van der Waals surface area contributed by atoms with Gasteiger partial charge in [-0.3, -0.25) is 0 Å². The monoisotopic (exact) mass is 475 g/mol. The van der Waals surface area contributed by atoms with Gasteiger partial charge in [-0.2, -0.15) is 8.78 Å². The third kappa shape index (κ3) is 4.89. The molecule has 1 saturated carbocycles. The van der Waals surface area contributed by atoms with Crippen LogP contribution in [0.4, 0.5) is 19.3 Å². The largest absolute Gasteiger partial charge is 0.493 e. The van der Waals surface area contributed by atoms with E-state index in [0.29, 0.717) is 11.4 Å².